The SMILES string of the molecule is F[B-](F)(F)F.N.[Ba+2].[H-].[H-]. The van der Waals surface area contributed by atoms with Crippen molar-refractivity contribution in [1.29, 1.82) is 0 Å². The monoisotopic (exact) mass is 244 g/mol. The Kier molecular flexibility index (Phi) is 12.3. The predicted octanol–water partition coefficient (Wildman–Crippen LogP) is 1.31. The minimum atomic E-state index is -6.00. The summed E-state index contributed by atoms with van der Waals surface area (Å²) in [6, 6.07) is 0. The van der Waals surface area contributed by atoms with Crippen molar-refractivity contribution in [2.75, 3.05) is 0 Å². The van der Waals surface area contributed by atoms with Gasteiger partial charge >= 0.3 is 56.1 Å². The van der Waals surface area contributed by atoms with E-state index in [2.05, 4.69) is 0 Å². The molecule has 44 valence electrons. The summed E-state index contributed by atoms with van der Waals surface area (Å²) in [7, 11) is -6.00. The van der Waals surface area contributed by atoms with E-state index in [1.165, 1.54) is 0 Å². The quantitative estimate of drug-likeness (QED) is 0.505. The van der Waals surface area contributed by atoms with E-state index < -0.39 is 7.25 Å². The molecule has 0 atom stereocenters. The fourth-order valence-electron chi connectivity index (χ4n) is 0. The molecule has 7 heteroatoms. The molecule has 0 fully saturated rings. The molecule has 0 unspecified atom stereocenters. The van der Waals surface area contributed by atoms with Crippen molar-refractivity contribution < 1.29 is 20.1 Å². The van der Waals surface area contributed by atoms with Crippen LogP contribution in [0.1, 0.15) is 2.85 Å². The Labute approximate surface area is 81.6 Å². The van der Waals surface area contributed by atoms with Crippen LogP contribution in [0.15, 0.2) is 0 Å². The first-order chi connectivity index (χ1) is 2.00. The third kappa shape index (κ3) is 119. The van der Waals surface area contributed by atoms with Gasteiger partial charge < -0.3 is 26.3 Å². The first-order valence-electron chi connectivity index (χ1n) is 0.873. The molecule has 3 N–H and O–H groups in total. The molecule has 0 aromatic heterocycles. The van der Waals surface area contributed by atoms with E-state index >= 15 is 0 Å². The molecule has 7 heavy (non-hydrogen) atoms. The maximum Gasteiger partial charge on any atom is 2.00 e. The molecule has 0 saturated carbocycles. The molecule has 0 aromatic rings. The average molecular weight is 243 g/mol. The second kappa shape index (κ2) is 5.45. The second-order valence-corrected chi connectivity index (χ2v) is 0.495. The molecule has 0 saturated heterocycles. The van der Waals surface area contributed by atoms with Gasteiger partial charge in [-0.3, -0.25) is 0 Å². The Hall–Kier alpha value is 1.32. The second-order valence-electron chi connectivity index (χ2n) is 0.495. The summed E-state index contributed by atoms with van der Waals surface area (Å²) in [5.74, 6) is 0. The summed E-state index contributed by atoms with van der Waals surface area (Å²) in [6.45, 7) is 0. The van der Waals surface area contributed by atoms with E-state index in [9.17, 15) is 17.3 Å². The first-order valence-corrected chi connectivity index (χ1v) is 0.873. The summed E-state index contributed by atoms with van der Waals surface area (Å²) in [4.78, 5) is 0. The van der Waals surface area contributed by atoms with E-state index in [0.717, 1.165) is 0 Å². The van der Waals surface area contributed by atoms with Crippen molar-refractivity contribution >= 4 is 56.1 Å². The number of hydrogen-bond donors (Lipinski definition) is 1. The van der Waals surface area contributed by atoms with Crippen LogP contribution in [0.3, 0.4) is 0 Å². The van der Waals surface area contributed by atoms with Crippen LogP contribution in [-0.4, -0.2) is 56.1 Å². The minimum Gasteiger partial charge on any atom is -1.00 e. The van der Waals surface area contributed by atoms with Gasteiger partial charge in [-0.15, -0.1) is 0 Å². The average Bonchev–Trinajstić information content (AvgIpc) is 0.722. The van der Waals surface area contributed by atoms with E-state index in [0.29, 0.717) is 0 Å². The van der Waals surface area contributed by atoms with Gasteiger partial charge in [0.05, 0.1) is 0 Å². The number of rotatable bonds is 0. The maximum atomic E-state index is 9.75. The third-order valence-corrected chi connectivity index (χ3v) is 0. The number of halogens is 4. The first kappa shape index (κ1) is 15.8. The largest absolute Gasteiger partial charge is 2.00 e. The number of hydrogen-bond acceptors (Lipinski definition) is 1. The zero-order valence-corrected chi connectivity index (χ0v) is 7.94. The summed E-state index contributed by atoms with van der Waals surface area (Å²) < 4.78 is 39.0. The fraction of sp³-hybridized carbons (Fsp3) is 0. The Morgan fingerprint density at radius 3 is 1.00 bits per heavy atom. The summed E-state index contributed by atoms with van der Waals surface area (Å²) in [6.07, 6.45) is 0. The molecule has 0 aliphatic carbocycles. The van der Waals surface area contributed by atoms with Crippen molar-refractivity contribution in [2.45, 2.75) is 0 Å². The Balaban J connectivity index is -0.0000000133. The van der Waals surface area contributed by atoms with Gasteiger partial charge in [0.1, 0.15) is 0 Å². The zero-order chi connectivity index (χ0) is 4.50. The standard InChI is InChI=1S/BF4.Ba.H3N.2H/c2-1(3,4)5;;;;/h;;1H3;;/q-1;+2;;2*-1. The van der Waals surface area contributed by atoms with Crippen molar-refractivity contribution in [3.8, 4) is 0 Å². The topological polar surface area (TPSA) is 35.0 Å². The van der Waals surface area contributed by atoms with Crippen LogP contribution in [0.4, 0.5) is 17.3 Å². The molecule has 0 heterocycles. The van der Waals surface area contributed by atoms with Gasteiger partial charge in [-0.1, -0.05) is 0 Å². The maximum absolute atomic E-state index is 9.75. The molecular formula is H5BBaF4N-. The smallest absolute Gasteiger partial charge is 1.00 e. The van der Waals surface area contributed by atoms with Crippen LogP contribution in [0.25, 0.3) is 0 Å². The van der Waals surface area contributed by atoms with Crippen molar-refractivity contribution in [3.63, 3.8) is 0 Å². The predicted molar refractivity (Wildman–Crippen MR) is 23.2 cm³/mol. The molecule has 0 bridgehead atoms. The van der Waals surface area contributed by atoms with E-state index in [-0.39, 0.29) is 57.9 Å². The van der Waals surface area contributed by atoms with E-state index in [1.54, 1.807) is 0 Å². The van der Waals surface area contributed by atoms with Gasteiger partial charge in [-0.25, -0.2) is 0 Å². The van der Waals surface area contributed by atoms with Gasteiger partial charge in [-0.2, -0.15) is 0 Å². The molecule has 0 spiro atoms. The van der Waals surface area contributed by atoms with Gasteiger partial charge in [0.2, 0.25) is 0 Å². The molecule has 1 nitrogen and oxygen atoms in total. The molecule has 0 aliphatic rings. The van der Waals surface area contributed by atoms with Gasteiger partial charge in [0, 0.05) is 0 Å². The zero-order valence-electron chi connectivity index (χ0n) is 5.50. The van der Waals surface area contributed by atoms with E-state index in [1.807, 2.05) is 0 Å². The van der Waals surface area contributed by atoms with Gasteiger partial charge in [0.25, 0.3) is 0 Å². The fourth-order valence-corrected chi connectivity index (χ4v) is 0. The van der Waals surface area contributed by atoms with Crippen LogP contribution in [0.5, 0.6) is 0 Å². The molecule has 0 aliphatic heterocycles. The molecule has 0 radical (unpaired) electrons. The van der Waals surface area contributed by atoms with Crippen LogP contribution in [-0.2, 0) is 0 Å². The van der Waals surface area contributed by atoms with Crippen LogP contribution in [0, 0.1) is 0 Å². The molecule has 0 amide bonds. The van der Waals surface area contributed by atoms with Crippen LogP contribution >= 0.6 is 0 Å². The summed E-state index contributed by atoms with van der Waals surface area (Å²) in [5, 5.41) is 0. The summed E-state index contributed by atoms with van der Waals surface area (Å²) in [5.41, 5.74) is 0. The molecule has 0 aromatic carbocycles. The van der Waals surface area contributed by atoms with Gasteiger partial charge in [0.15, 0.2) is 0 Å². The van der Waals surface area contributed by atoms with E-state index in [4.69, 9.17) is 0 Å². The molecular weight excluding hydrogens is 238 g/mol. The van der Waals surface area contributed by atoms with Crippen molar-refractivity contribution in [3.05, 3.63) is 0 Å². The third-order valence-electron chi connectivity index (χ3n) is 0. The Bertz CT molecular complexity index is 34.0. The normalized spacial score (nSPS) is 8.57. The summed E-state index contributed by atoms with van der Waals surface area (Å²) >= 11 is 0. The van der Waals surface area contributed by atoms with Crippen LogP contribution in [0.2, 0.25) is 0 Å². The van der Waals surface area contributed by atoms with Crippen molar-refractivity contribution in [1.82, 2.24) is 6.15 Å². The van der Waals surface area contributed by atoms with Crippen LogP contribution < -0.4 is 6.15 Å². The Morgan fingerprint density at radius 1 is 1.00 bits per heavy atom. The van der Waals surface area contributed by atoms with Gasteiger partial charge in [-0.05, 0) is 0 Å². The molecule has 0 rings (SSSR count). The minimum absolute atomic E-state index is 0. The Morgan fingerprint density at radius 2 is 1.00 bits per heavy atom. The van der Waals surface area contributed by atoms with Crippen molar-refractivity contribution in [2.24, 2.45) is 0 Å².